The predicted molar refractivity (Wildman–Crippen MR) is 87.2 cm³/mol. The van der Waals surface area contributed by atoms with E-state index in [1.165, 1.54) is 0 Å². The summed E-state index contributed by atoms with van der Waals surface area (Å²) in [5.74, 6) is 2.51. The van der Waals surface area contributed by atoms with E-state index in [2.05, 4.69) is 0 Å². The van der Waals surface area contributed by atoms with E-state index in [4.69, 9.17) is 18.9 Å². The van der Waals surface area contributed by atoms with Crippen LogP contribution in [0.3, 0.4) is 0 Å². The number of rotatable bonds is 4. The third-order valence-electron chi connectivity index (χ3n) is 4.27. The van der Waals surface area contributed by atoms with Crippen LogP contribution in [0.25, 0.3) is 11.1 Å². The summed E-state index contributed by atoms with van der Waals surface area (Å²) < 4.78 is 21.7. The van der Waals surface area contributed by atoms with Gasteiger partial charge in [0.25, 0.3) is 0 Å². The molecule has 0 bridgehead atoms. The smallest absolute Gasteiger partial charge is 0.203 e. The van der Waals surface area contributed by atoms with E-state index in [0.29, 0.717) is 23.0 Å². The minimum Gasteiger partial charge on any atom is -0.504 e. The quantitative estimate of drug-likeness (QED) is 0.939. The first kappa shape index (κ1) is 15.3. The number of aryl methyl sites for hydroxylation is 1. The molecule has 0 atom stereocenters. The van der Waals surface area contributed by atoms with Gasteiger partial charge in [0.15, 0.2) is 23.0 Å². The molecular weight excluding hydrogens is 296 g/mol. The zero-order chi connectivity index (χ0) is 16.6. The van der Waals surface area contributed by atoms with Gasteiger partial charge in [0.05, 0.1) is 28.4 Å². The Morgan fingerprint density at radius 1 is 0.739 bits per heavy atom. The Morgan fingerprint density at radius 2 is 1.39 bits per heavy atom. The van der Waals surface area contributed by atoms with Crippen LogP contribution in [0.1, 0.15) is 11.1 Å². The van der Waals surface area contributed by atoms with Crippen molar-refractivity contribution in [2.45, 2.75) is 12.8 Å². The molecule has 122 valence electrons. The van der Waals surface area contributed by atoms with Crippen molar-refractivity contribution in [3.05, 3.63) is 29.3 Å². The molecule has 5 nitrogen and oxygen atoms in total. The van der Waals surface area contributed by atoms with Crippen molar-refractivity contribution in [2.24, 2.45) is 0 Å². The van der Waals surface area contributed by atoms with Gasteiger partial charge in [-0.3, -0.25) is 0 Å². The third-order valence-corrected chi connectivity index (χ3v) is 4.27. The maximum atomic E-state index is 10.0. The van der Waals surface area contributed by atoms with Gasteiger partial charge < -0.3 is 24.1 Å². The van der Waals surface area contributed by atoms with E-state index >= 15 is 0 Å². The standard InChI is InChI=1S/C18H20O5/c1-20-15-8-12-10(7-14(15)19)5-6-11-13(12)9-16(21-2)18(23-4)17(11)22-3/h7-9,19H,5-6H2,1-4H3. The van der Waals surface area contributed by atoms with Gasteiger partial charge in [-0.2, -0.15) is 0 Å². The van der Waals surface area contributed by atoms with E-state index < -0.39 is 0 Å². The van der Waals surface area contributed by atoms with Crippen LogP contribution >= 0.6 is 0 Å². The van der Waals surface area contributed by atoms with Gasteiger partial charge in [-0.1, -0.05) is 0 Å². The topological polar surface area (TPSA) is 57.2 Å². The lowest BCUT2D eigenvalue weighted by Gasteiger charge is -2.25. The number of methoxy groups -OCH3 is 4. The van der Waals surface area contributed by atoms with Crippen LogP contribution in [0, 0.1) is 0 Å². The monoisotopic (exact) mass is 316 g/mol. The lowest BCUT2D eigenvalue weighted by atomic mass is 9.84. The van der Waals surface area contributed by atoms with E-state index in [1.54, 1.807) is 34.5 Å². The molecule has 0 fully saturated rings. The second kappa shape index (κ2) is 5.91. The van der Waals surface area contributed by atoms with Gasteiger partial charge in [-0.05, 0) is 47.7 Å². The van der Waals surface area contributed by atoms with Crippen molar-refractivity contribution in [3.8, 4) is 39.9 Å². The molecule has 0 saturated heterocycles. The normalized spacial score (nSPS) is 12.2. The molecule has 0 unspecified atom stereocenters. The van der Waals surface area contributed by atoms with E-state index in [9.17, 15) is 5.11 Å². The van der Waals surface area contributed by atoms with Crippen LogP contribution in [-0.4, -0.2) is 33.5 Å². The molecule has 23 heavy (non-hydrogen) atoms. The van der Waals surface area contributed by atoms with E-state index in [-0.39, 0.29) is 5.75 Å². The number of fused-ring (bicyclic) bond motifs is 3. The van der Waals surface area contributed by atoms with E-state index in [0.717, 1.165) is 35.1 Å². The maximum Gasteiger partial charge on any atom is 0.203 e. The highest BCUT2D eigenvalue weighted by Crippen LogP contribution is 2.49. The summed E-state index contributed by atoms with van der Waals surface area (Å²) in [6.07, 6.45) is 1.61. The average Bonchev–Trinajstić information content (AvgIpc) is 2.58. The number of aromatic hydroxyl groups is 1. The highest BCUT2D eigenvalue weighted by Gasteiger charge is 2.26. The zero-order valence-corrected chi connectivity index (χ0v) is 13.7. The molecule has 0 aromatic heterocycles. The number of hydrogen-bond acceptors (Lipinski definition) is 5. The van der Waals surface area contributed by atoms with Crippen LogP contribution < -0.4 is 18.9 Å². The first-order valence-electron chi connectivity index (χ1n) is 7.36. The van der Waals surface area contributed by atoms with Crippen molar-refractivity contribution in [2.75, 3.05) is 28.4 Å². The highest BCUT2D eigenvalue weighted by atomic mass is 16.5. The first-order valence-corrected chi connectivity index (χ1v) is 7.36. The number of hydrogen-bond donors (Lipinski definition) is 1. The summed E-state index contributed by atoms with van der Waals surface area (Å²) in [6, 6.07) is 5.57. The van der Waals surface area contributed by atoms with Crippen molar-refractivity contribution < 1.29 is 24.1 Å². The minimum atomic E-state index is 0.155. The summed E-state index contributed by atoms with van der Waals surface area (Å²) in [4.78, 5) is 0. The van der Waals surface area contributed by atoms with Crippen molar-refractivity contribution >= 4 is 0 Å². The Balaban J connectivity index is 2.30. The Labute approximate surface area is 135 Å². The summed E-state index contributed by atoms with van der Waals surface area (Å²) in [5.41, 5.74) is 4.18. The fourth-order valence-electron chi connectivity index (χ4n) is 3.20. The first-order chi connectivity index (χ1) is 11.1. The second-order valence-electron chi connectivity index (χ2n) is 5.35. The van der Waals surface area contributed by atoms with Crippen molar-refractivity contribution in [3.63, 3.8) is 0 Å². The van der Waals surface area contributed by atoms with Gasteiger partial charge in [0.2, 0.25) is 5.75 Å². The molecule has 0 radical (unpaired) electrons. The molecule has 0 aliphatic heterocycles. The minimum absolute atomic E-state index is 0.155. The summed E-state index contributed by atoms with van der Waals surface area (Å²) in [6.45, 7) is 0. The van der Waals surface area contributed by atoms with Crippen LogP contribution in [-0.2, 0) is 12.8 Å². The Hall–Kier alpha value is -2.56. The van der Waals surface area contributed by atoms with Crippen molar-refractivity contribution in [1.29, 1.82) is 0 Å². The molecular formula is C18H20O5. The number of ether oxygens (including phenoxy) is 4. The molecule has 0 amide bonds. The molecule has 1 N–H and O–H groups in total. The van der Waals surface area contributed by atoms with Gasteiger partial charge in [-0.15, -0.1) is 0 Å². The largest absolute Gasteiger partial charge is 0.504 e. The Morgan fingerprint density at radius 3 is 2.00 bits per heavy atom. The van der Waals surface area contributed by atoms with Gasteiger partial charge in [0, 0.05) is 5.56 Å². The molecule has 3 rings (SSSR count). The molecule has 1 aliphatic rings. The fraction of sp³-hybridized carbons (Fsp3) is 0.333. The van der Waals surface area contributed by atoms with Gasteiger partial charge in [-0.25, -0.2) is 0 Å². The second-order valence-corrected chi connectivity index (χ2v) is 5.35. The number of phenolic OH excluding ortho intramolecular Hbond substituents is 1. The Kier molecular flexibility index (Phi) is 3.94. The third kappa shape index (κ3) is 2.32. The molecule has 0 heterocycles. The molecule has 2 aromatic carbocycles. The van der Waals surface area contributed by atoms with Crippen LogP contribution in [0.5, 0.6) is 28.7 Å². The lowest BCUT2D eigenvalue weighted by molar-refractivity contribution is 0.322. The fourth-order valence-corrected chi connectivity index (χ4v) is 3.20. The van der Waals surface area contributed by atoms with Gasteiger partial charge in [0.1, 0.15) is 0 Å². The molecule has 5 heteroatoms. The summed E-state index contributed by atoms with van der Waals surface area (Å²) in [7, 11) is 6.38. The predicted octanol–water partition coefficient (Wildman–Crippen LogP) is 3.19. The highest BCUT2D eigenvalue weighted by molar-refractivity contribution is 5.81. The molecule has 2 aromatic rings. The lowest BCUT2D eigenvalue weighted by Crippen LogP contribution is -2.08. The maximum absolute atomic E-state index is 10.0. The van der Waals surface area contributed by atoms with E-state index in [1.807, 2.05) is 12.1 Å². The zero-order valence-electron chi connectivity index (χ0n) is 13.7. The number of benzene rings is 2. The number of phenols is 1. The molecule has 0 spiro atoms. The van der Waals surface area contributed by atoms with Crippen molar-refractivity contribution in [1.82, 2.24) is 0 Å². The van der Waals surface area contributed by atoms with Crippen LogP contribution in [0.4, 0.5) is 0 Å². The van der Waals surface area contributed by atoms with Gasteiger partial charge >= 0.3 is 0 Å². The summed E-state index contributed by atoms with van der Waals surface area (Å²) >= 11 is 0. The van der Waals surface area contributed by atoms with Crippen LogP contribution in [0.2, 0.25) is 0 Å². The van der Waals surface area contributed by atoms with Crippen LogP contribution in [0.15, 0.2) is 18.2 Å². The average molecular weight is 316 g/mol. The molecule has 0 saturated carbocycles. The Bertz CT molecular complexity index is 752. The molecule has 1 aliphatic carbocycles. The SMILES string of the molecule is COc1cc2c(cc1O)CCc1c-2cc(OC)c(OC)c1OC. The summed E-state index contributed by atoms with van der Waals surface area (Å²) in [5, 5.41) is 10.0.